The van der Waals surface area contributed by atoms with E-state index in [4.69, 9.17) is 11.6 Å². The quantitative estimate of drug-likeness (QED) is 0.759. The highest BCUT2D eigenvalue weighted by atomic mass is 35.5. The molecule has 0 fully saturated rings. The summed E-state index contributed by atoms with van der Waals surface area (Å²) in [5.41, 5.74) is 0.692. The minimum Gasteiger partial charge on any atom is -0.356 e. The van der Waals surface area contributed by atoms with Gasteiger partial charge >= 0.3 is 0 Å². The van der Waals surface area contributed by atoms with Crippen LogP contribution in [0.25, 0.3) is 0 Å². The van der Waals surface area contributed by atoms with Crippen LogP contribution >= 0.6 is 11.6 Å². The largest absolute Gasteiger partial charge is 0.356 e. The number of hydrogen-bond acceptors (Lipinski definition) is 1. The van der Waals surface area contributed by atoms with Gasteiger partial charge in [0.05, 0.1) is 6.42 Å². The first-order chi connectivity index (χ1) is 8.65. The fourth-order valence-electron chi connectivity index (χ4n) is 1.76. The van der Waals surface area contributed by atoms with Crippen molar-refractivity contribution >= 4 is 17.5 Å². The predicted octanol–water partition coefficient (Wildman–Crippen LogP) is 3.14. The standard InChI is InChI=1S/C14H19ClFNO/c1-2-11(6-7-15)10-17-14(18)9-12-4-3-5-13(16)8-12/h3-5,8,11H,2,6-7,9-10H2,1H3,(H,17,18). The molecule has 0 aliphatic carbocycles. The molecule has 0 saturated carbocycles. The molecule has 1 aromatic carbocycles. The molecule has 0 bridgehead atoms. The van der Waals surface area contributed by atoms with Crippen molar-refractivity contribution in [1.29, 1.82) is 0 Å². The number of carbonyl (C=O) groups excluding carboxylic acids is 1. The van der Waals surface area contributed by atoms with E-state index >= 15 is 0 Å². The van der Waals surface area contributed by atoms with Crippen molar-refractivity contribution in [3.8, 4) is 0 Å². The molecule has 0 spiro atoms. The molecule has 0 aromatic heterocycles. The molecule has 1 unspecified atom stereocenters. The Kier molecular flexibility index (Phi) is 6.73. The van der Waals surface area contributed by atoms with Gasteiger partial charge in [-0.05, 0) is 30.0 Å². The number of benzene rings is 1. The maximum Gasteiger partial charge on any atom is 0.224 e. The van der Waals surface area contributed by atoms with E-state index in [1.807, 2.05) is 0 Å². The molecule has 1 rings (SSSR count). The number of halogens is 2. The number of amides is 1. The zero-order valence-corrected chi connectivity index (χ0v) is 11.3. The Bertz CT molecular complexity index is 384. The van der Waals surface area contributed by atoms with Crippen molar-refractivity contribution in [2.24, 2.45) is 5.92 Å². The first-order valence-corrected chi connectivity index (χ1v) is 6.76. The second-order valence-electron chi connectivity index (χ2n) is 4.36. The third-order valence-electron chi connectivity index (χ3n) is 2.94. The highest BCUT2D eigenvalue weighted by Gasteiger charge is 2.08. The smallest absolute Gasteiger partial charge is 0.224 e. The van der Waals surface area contributed by atoms with Gasteiger partial charge in [-0.2, -0.15) is 0 Å². The van der Waals surface area contributed by atoms with Crippen molar-refractivity contribution in [3.63, 3.8) is 0 Å². The van der Waals surface area contributed by atoms with Crippen molar-refractivity contribution in [1.82, 2.24) is 5.32 Å². The summed E-state index contributed by atoms with van der Waals surface area (Å²) < 4.78 is 12.9. The average Bonchev–Trinajstić information content (AvgIpc) is 2.34. The van der Waals surface area contributed by atoms with Gasteiger partial charge in [-0.15, -0.1) is 11.6 Å². The number of hydrogen-bond donors (Lipinski definition) is 1. The fraction of sp³-hybridized carbons (Fsp3) is 0.500. The van der Waals surface area contributed by atoms with Gasteiger partial charge in [-0.3, -0.25) is 4.79 Å². The van der Waals surface area contributed by atoms with Gasteiger partial charge in [0.15, 0.2) is 0 Å². The zero-order valence-electron chi connectivity index (χ0n) is 10.6. The molecular weight excluding hydrogens is 253 g/mol. The van der Waals surface area contributed by atoms with Crippen LogP contribution in [0.5, 0.6) is 0 Å². The second-order valence-corrected chi connectivity index (χ2v) is 4.74. The molecule has 2 nitrogen and oxygen atoms in total. The van der Waals surface area contributed by atoms with Crippen LogP contribution in [0.4, 0.5) is 4.39 Å². The summed E-state index contributed by atoms with van der Waals surface area (Å²) in [7, 11) is 0. The average molecular weight is 272 g/mol. The van der Waals surface area contributed by atoms with E-state index in [9.17, 15) is 9.18 Å². The van der Waals surface area contributed by atoms with Gasteiger partial charge in [0.1, 0.15) is 5.82 Å². The monoisotopic (exact) mass is 271 g/mol. The topological polar surface area (TPSA) is 29.1 Å². The molecule has 0 aliphatic rings. The Balaban J connectivity index is 2.37. The Morgan fingerprint density at radius 1 is 1.50 bits per heavy atom. The third kappa shape index (κ3) is 5.50. The van der Waals surface area contributed by atoms with E-state index in [2.05, 4.69) is 12.2 Å². The summed E-state index contributed by atoms with van der Waals surface area (Å²) in [6, 6.07) is 6.11. The summed E-state index contributed by atoms with van der Waals surface area (Å²) in [6.45, 7) is 2.72. The zero-order chi connectivity index (χ0) is 13.4. The maximum absolute atomic E-state index is 12.9. The maximum atomic E-state index is 12.9. The van der Waals surface area contributed by atoms with Crippen LogP contribution < -0.4 is 5.32 Å². The van der Waals surface area contributed by atoms with E-state index in [0.717, 1.165) is 12.8 Å². The van der Waals surface area contributed by atoms with Gasteiger partial charge in [0.25, 0.3) is 0 Å². The van der Waals surface area contributed by atoms with Crippen LogP contribution in [-0.2, 0) is 11.2 Å². The minimum absolute atomic E-state index is 0.0753. The number of rotatable bonds is 7. The van der Waals surface area contributed by atoms with Crippen LogP contribution in [0.3, 0.4) is 0 Å². The highest BCUT2D eigenvalue weighted by Crippen LogP contribution is 2.08. The molecule has 1 aromatic rings. The fourth-order valence-corrected chi connectivity index (χ4v) is 2.07. The lowest BCUT2D eigenvalue weighted by molar-refractivity contribution is -0.120. The van der Waals surface area contributed by atoms with E-state index in [-0.39, 0.29) is 18.1 Å². The molecule has 4 heteroatoms. The third-order valence-corrected chi connectivity index (χ3v) is 3.15. The molecule has 1 amide bonds. The van der Waals surface area contributed by atoms with Gasteiger partial charge in [-0.25, -0.2) is 4.39 Å². The number of carbonyl (C=O) groups is 1. The number of alkyl halides is 1. The molecule has 0 radical (unpaired) electrons. The van der Waals surface area contributed by atoms with Crippen LogP contribution in [0.1, 0.15) is 25.3 Å². The summed E-state index contributed by atoms with van der Waals surface area (Å²) in [6.07, 6.45) is 2.11. The summed E-state index contributed by atoms with van der Waals surface area (Å²) in [4.78, 5) is 11.7. The van der Waals surface area contributed by atoms with E-state index in [0.29, 0.717) is 23.9 Å². The SMILES string of the molecule is CCC(CCCl)CNC(=O)Cc1cccc(F)c1. The molecule has 100 valence electrons. The van der Waals surface area contributed by atoms with Crippen molar-refractivity contribution in [3.05, 3.63) is 35.6 Å². The lowest BCUT2D eigenvalue weighted by Crippen LogP contribution is -2.30. The van der Waals surface area contributed by atoms with Crippen LogP contribution in [-0.4, -0.2) is 18.3 Å². The van der Waals surface area contributed by atoms with Crippen molar-refractivity contribution < 1.29 is 9.18 Å². The first kappa shape index (κ1) is 15.0. The summed E-state index contributed by atoms with van der Waals surface area (Å²) in [5, 5.41) is 2.87. The van der Waals surface area contributed by atoms with E-state index in [1.54, 1.807) is 12.1 Å². The molecule has 0 saturated heterocycles. The van der Waals surface area contributed by atoms with Crippen molar-refractivity contribution in [2.45, 2.75) is 26.2 Å². The number of nitrogens with one attached hydrogen (secondary N) is 1. The molecule has 0 heterocycles. The summed E-state index contributed by atoms with van der Waals surface area (Å²) in [5.74, 6) is 0.639. The Morgan fingerprint density at radius 3 is 2.89 bits per heavy atom. The molecule has 1 atom stereocenters. The normalized spacial score (nSPS) is 12.2. The first-order valence-electron chi connectivity index (χ1n) is 6.22. The van der Waals surface area contributed by atoms with Crippen LogP contribution in [0.15, 0.2) is 24.3 Å². The Morgan fingerprint density at radius 2 is 2.28 bits per heavy atom. The van der Waals surface area contributed by atoms with E-state index < -0.39 is 0 Å². The predicted molar refractivity (Wildman–Crippen MR) is 72.2 cm³/mol. The van der Waals surface area contributed by atoms with Gasteiger partial charge in [0, 0.05) is 12.4 Å². The summed E-state index contributed by atoms with van der Waals surface area (Å²) >= 11 is 5.68. The molecule has 0 aliphatic heterocycles. The van der Waals surface area contributed by atoms with E-state index in [1.165, 1.54) is 12.1 Å². The van der Waals surface area contributed by atoms with Gasteiger partial charge < -0.3 is 5.32 Å². The van der Waals surface area contributed by atoms with Crippen molar-refractivity contribution in [2.75, 3.05) is 12.4 Å². The molecular formula is C14H19ClFNO. The Hall–Kier alpha value is -1.09. The van der Waals surface area contributed by atoms with Crippen LogP contribution in [0.2, 0.25) is 0 Å². The minimum atomic E-state index is -0.311. The van der Waals surface area contributed by atoms with Gasteiger partial charge in [-0.1, -0.05) is 25.5 Å². The second kappa shape index (κ2) is 8.09. The molecule has 18 heavy (non-hydrogen) atoms. The molecule has 1 N–H and O–H groups in total. The lowest BCUT2D eigenvalue weighted by atomic mass is 10.0. The van der Waals surface area contributed by atoms with Gasteiger partial charge in [0.2, 0.25) is 5.91 Å². The Labute approximate surface area is 113 Å². The lowest BCUT2D eigenvalue weighted by Gasteiger charge is -2.14. The highest BCUT2D eigenvalue weighted by molar-refractivity contribution is 6.17. The van der Waals surface area contributed by atoms with Crippen LogP contribution in [0, 0.1) is 11.7 Å².